The van der Waals surface area contributed by atoms with Crippen LogP contribution in [-0.4, -0.2) is 222 Å². The van der Waals surface area contributed by atoms with E-state index in [4.69, 9.17) is 42.6 Å². The minimum atomic E-state index is -1.89. The standard InChI is InChI=1S/C54H86O22/c1-23-33(59)37(63)40(66)44(69-23)75-43-39(65)35(61)26(20-56)71-47(43)72-27-21-68-46(42(36(27)62)74-45-41(67)38(64)34(60)25(19-55)70-45)73-32-11-12-50(6)28(48(32,3)4)9-13-51(7)29(50)10-14-54-30-17-49(5,22-57)15-16-53(30,24(2)76-54)31(58)18-52(51,54)8/h22-23,25-47,55-56,58-67H,2,9-21H2,1,3-8H3/t23-,25-,26-,27+,28+,29-,30-,31-,32+,33-,34-,35-,36+,37+,38+,39+,40+,41-,42-,43-,44-,45+,46+,47+,49+,50+,51-,52+,53-,54+/m1/s1. The first-order chi connectivity index (χ1) is 35.6. The summed E-state index contributed by atoms with van der Waals surface area (Å²) in [7, 11) is 0. The molecule has 0 unspecified atom stereocenters. The summed E-state index contributed by atoms with van der Waals surface area (Å²) in [5.74, 6) is 0.936. The van der Waals surface area contributed by atoms with Gasteiger partial charge in [-0.15, -0.1) is 0 Å². The van der Waals surface area contributed by atoms with E-state index in [9.17, 15) is 66.1 Å². The largest absolute Gasteiger partial charge is 0.491 e. The molecule has 0 radical (unpaired) electrons. The van der Waals surface area contributed by atoms with Crippen molar-refractivity contribution in [1.82, 2.24) is 0 Å². The van der Waals surface area contributed by atoms with Gasteiger partial charge in [-0.2, -0.15) is 0 Å². The van der Waals surface area contributed by atoms with Crippen LogP contribution in [0.3, 0.4) is 0 Å². The molecule has 2 bridgehead atoms. The van der Waals surface area contributed by atoms with E-state index in [0.717, 1.165) is 38.4 Å². The molecule has 10 aliphatic rings. The Morgan fingerprint density at radius 2 is 1.18 bits per heavy atom. The monoisotopic (exact) mass is 1090 g/mol. The Morgan fingerprint density at radius 1 is 0.592 bits per heavy atom. The third kappa shape index (κ3) is 8.34. The van der Waals surface area contributed by atoms with Crippen molar-refractivity contribution in [3.63, 3.8) is 0 Å². The van der Waals surface area contributed by atoms with Crippen molar-refractivity contribution in [2.75, 3.05) is 19.8 Å². The molecule has 76 heavy (non-hydrogen) atoms. The molecule has 22 nitrogen and oxygen atoms in total. The summed E-state index contributed by atoms with van der Waals surface area (Å²) in [5, 5.41) is 131. The van der Waals surface area contributed by atoms with Crippen LogP contribution in [-0.2, 0) is 47.4 Å². The minimum Gasteiger partial charge on any atom is -0.491 e. The summed E-state index contributed by atoms with van der Waals surface area (Å²) in [6.45, 7) is 17.4. The maximum absolute atomic E-state index is 12.6. The molecule has 5 saturated heterocycles. The number of aliphatic hydroxyl groups excluding tert-OH is 12. The Bertz CT molecular complexity index is 2140. The van der Waals surface area contributed by atoms with Crippen LogP contribution in [0.1, 0.15) is 113 Å². The van der Waals surface area contributed by atoms with Crippen LogP contribution >= 0.6 is 0 Å². The Labute approximate surface area is 443 Å². The SMILES string of the molecule is C=C1O[C@]23CC[C@@H]4[C@@]5(C)CC[C@H](O[C@@H]6OC[C@H](O[C@@H]7O[C@H](CO)[C@@H](O)[C@H](O)[C@H]7O[C@H]7O[C@H](C)[C@@H](O)[C@H](O)[C@@H]7O)[C@H](O)[C@H]6O[C@@H]6O[C@H](CO)[C@@H](O)[C@H](O)[C@H]6O)C(C)(C)[C@@H]5CC[C@@]4(C)[C@]2(C)C[C@@H](O)[C@]12CC[C@](C)(C=O)C[C@H]23. The Hall–Kier alpha value is -1.59. The van der Waals surface area contributed by atoms with Gasteiger partial charge >= 0.3 is 0 Å². The third-order valence-electron chi connectivity index (χ3n) is 22.3. The maximum Gasteiger partial charge on any atom is 0.187 e. The van der Waals surface area contributed by atoms with Crippen LogP contribution in [0.15, 0.2) is 12.3 Å². The molecule has 1 spiro atoms. The molecule has 0 amide bonds. The molecule has 0 aromatic carbocycles. The van der Waals surface area contributed by atoms with Crippen LogP contribution in [0.25, 0.3) is 0 Å². The van der Waals surface area contributed by atoms with E-state index < -0.39 is 176 Å². The van der Waals surface area contributed by atoms with Crippen LogP contribution in [0, 0.1) is 50.2 Å². The summed E-state index contributed by atoms with van der Waals surface area (Å²) in [6.07, 6.45) is -24.2. The summed E-state index contributed by atoms with van der Waals surface area (Å²) in [5.41, 5.74) is -3.18. The lowest BCUT2D eigenvalue weighted by Crippen LogP contribution is -2.74. The fourth-order valence-electron chi connectivity index (χ4n) is 17.7. The average molecular weight is 1090 g/mol. The van der Waals surface area contributed by atoms with E-state index in [0.29, 0.717) is 37.9 Å². The fourth-order valence-corrected chi connectivity index (χ4v) is 17.7. The first kappa shape index (κ1) is 57.6. The number of fused-ring (bicyclic) bond motifs is 4. The molecule has 22 heteroatoms. The van der Waals surface area contributed by atoms with Gasteiger partial charge in [0.1, 0.15) is 97.3 Å². The molecule has 5 aliphatic carbocycles. The zero-order valence-electron chi connectivity index (χ0n) is 44.8. The second-order valence-corrected chi connectivity index (χ2v) is 26.3. The molecule has 434 valence electrons. The van der Waals surface area contributed by atoms with Gasteiger partial charge in [-0.3, -0.25) is 0 Å². The highest BCUT2D eigenvalue weighted by atomic mass is 16.8. The quantitative estimate of drug-likeness (QED) is 0.0873. The van der Waals surface area contributed by atoms with Crippen LogP contribution in [0.4, 0.5) is 0 Å². The highest BCUT2D eigenvalue weighted by Crippen LogP contribution is 2.82. The van der Waals surface area contributed by atoms with Gasteiger partial charge in [0.15, 0.2) is 25.2 Å². The van der Waals surface area contributed by atoms with E-state index in [1.807, 2.05) is 6.92 Å². The average Bonchev–Trinajstić information content (AvgIpc) is 3.83. The smallest absolute Gasteiger partial charge is 0.187 e. The van der Waals surface area contributed by atoms with Crippen molar-refractivity contribution in [3.8, 4) is 0 Å². The van der Waals surface area contributed by atoms with Gasteiger partial charge in [-0.25, -0.2) is 0 Å². The van der Waals surface area contributed by atoms with Gasteiger partial charge in [-0.05, 0) is 99.2 Å². The molecule has 10 fully saturated rings. The number of carbonyl (C=O) groups is 1. The minimum absolute atomic E-state index is 0.0510. The van der Waals surface area contributed by atoms with Gasteiger partial charge in [0.25, 0.3) is 0 Å². The maximum atomic E-state index is 12.6. The molecule has 0 aromatic heterocycles. The molecular weight excluding hydrogens is 1000 g/mol. The number of hydrogen-bond donors (Lipinski definition) is 12. The van der Waals surface area contributed by atoms with Crippen molar-refractivity contribution < 1.29 is 109 Å². The molecule has 30 atom stereocenters. The number of carbonyl (C=O) groups excluding carboxylic acids is 1. The molecule has 12 N–H and O–H groups in total. The Balaban J connectivity index is 0.907. The Kier molecular flexibility index (Phi) is 15.2. The second kappa shape index (κ2) is 20.1. The van der Waals surface area contributed by atoms with E-state index in [2.05, 4.69) is 41.2 Å². The lowest BCUT2D eigenvalue weighted by molar-refractivity contribution is -0.394. The van der Waals surface area contributed by atoms with Crippen molar-refractivity contribution in [2.45, 2.75) is 247 Å². The highest BCUT2D eigenvalue weighted by molar-refractivity contribution is 5.59. The van der Waals surface area contributed by atoms with Crippen molar-refractivity contribution >= 4 is 6.29 Å². The number of ether oxygens (including phenoxy) is 9. The summed E-state index contributed by atoms with van der Waals surface area (Å²) in [6, 6.07) is 0. The normalized spacial score (nSPS) is 57.8. The van der Waals surface area contributed by atoms with E-state index in [1.165, 1.54) is 6.92 Å². The van der Waals surface area contributed by atoms with Gasteiger partial charge in [0, 0.05) is 16.7 Å². The van der Waals surface area contributed by atoms with Crippen molar-refractivity contribution in [2.24, 2.45) is 50.2 Å². The predicted molar refractivity (Wildman–Crippen MR) is 259 cm³/mol. The molecule has 10 rings (SSSR count). The molecule has 5 aliphatic heterocycles. The van der Waals surface area contributed by atoms with Gasteiger partial charge in [0.05, 0.1) is 49.3 Å². The second-order valence-electron chi connectivity index (χ2n) is 26.3. The first-order valence-electron chi connectivity index (χ1n) is 27.7. The van der Waals surface area contributed by atoms with E-state index >= 15 is 0 Å². The number of rotatable bonds is 11. The number of hydrogen-bond acceptors (Lipinski definition) is 22. The molecule has 5 saturated carbocycles. The van der Waals surface area contributed by atoms with Crippen molar-refractivity contribution in [1.29, 1.82) is 0 Å². The molecule has 5 heterocycles. The van der Waals surface area contributed by atoms with Gasteiger partial charge < -0.3 is 109 Å². The third-order valence-corrected chi connectivity index (χ3v) is 22.3. The highest BCUT2D eigenvalue weighted by Gasteiger charge is 2.82. The van der Waals surface area contributed by atoms with Crippen LogP contribution in [0.5, 0.6) is 0 Å². The van der Waals surface area contributed by atoms with E-state index in [1.54, 1.807) is 0 Å². The summed E-state index contributed by atoms with van der Waals surface area (Å²) in [4.78, 5) is 12.6. The summed E-state index contributed by atoms with van der Waals surface area (Å²) >= 11 is 0. The summed E-state index contributed by atoms with van der Waals surface area (Å²) < 4.78 is 56.3. The molecule has 0 aromatic rings. The zero-order chi connectivity index (χ0) is 55.2. The lowest BCUT2D eigenvalue weighted by atomic mass is 9.30. The van der Waals surface area contributed by atoms with E-state index in [-0.39, 0.29) is 28.6 Å². The van der Waals surface area contributed by atoms with Crippen molar-refractivity contribution in [3.05, 3.63) is 12.3 Å². The fraction of sp³-hybridized carbons (Fsp3) is 0.944. The van der Waals surface area contributed by atoms with Crippen LogP contribution in [0.2, 0.25) is 0 Å². The van der Waals surface area contributed by atoms with Gasteiger partial charge in [0.2, 0.25) is 0 Å². The van der Waals surface area contributed by atoms with Crippen LogP contribution < -0.4 is 0 Å². The number of aliphatic hydroxyl groups is 12. The molecular formula is C54H86O22. The van der Waals surface area contributed by atoms with Gasteiger partial charge in [-0.1, -0.05) is 48.1 Å². The topological polar surface area (TPSA) is 343 Å². The Morgan fingerprint density at radius 3 is 1.83 bits per heavy atom. The zero-order valence-corrected chi connectivity index (χ0v) is 44.8. The predicted octanol–water partition coefficient (Wildman–Crippen LogP) is -0.991. The number of aldehydes is 1. The lowest BCUT2D eigenvalue weighted by Gasteiger charge is -2.74. The first-order valence-corrected chi connectivity index (χ1v) is 27.7.